The fourth-order valence-electron chi connectivity index (χ4n) is 2.84. The van der Waals surface area contributed by atoms with Crippen LogP contribution in [0, 0.1) is 13.8 Å². The van der Waals surface area contributed by atoms with E-state index in [1.54, 1.807) is 0 Å². The van der Waals surface area contributed by atoms with Crippen LogP contribution in [0.25, 0.3) is 11.1 Å². The number of anilines is 2. The summed E-state index contributed by atoms with van der Waals surface area (Å²) in [5.74, 6) is 0. The number of rotatable bonds is 4. The van der Waals surface area contributed by atoms with E-state index in [-0.39, 0.29) is 0 Å². The molecule has 0 saturated carbocycles. The molecule has 2 aromatic rings. The van der Waals surface area contributed by atoms with Crippen LogP contribution in [0.4, 0.5) is 11.4 Å². The van der Waals surface area contributed by atoms with E-state index in [9.17, 15) is 0 Å². The Bertz CT molecular complexity index is 578. The van der Waals surface area contributed by atoms with Crippen LogP contribution in [-0.4, -0.2) is 13.1 Å². The van der Waals surface area contributed by atoms with Crippen molar-refractivity contribution in [2.24, 2.45) is 0 Å². The van der Waals surface area contributed by atoms with Crippen LogP contribution < -0.4 is 10.6 Å². The molecule has 2 nitrogen and oxygen atoms in total. The van der Waals surface area contributed by atoms with Gasteiger partial charge in [0.15, 0.2) is 0 Å². The number of benzene rings is 2. The number of hydrogen-bond acceptors (Lipinski definition) is 2. The Balaban J connectivity index is 2.73. The van der Waals surface area contributed by atoms with E-state index in [0.29, 0.717) is 0 Å². The SMILES string of the molecule is CCN(CC)c1cccc(C)c1-c1c(C)cccc1N. The number of hydrogen-bond donors (Lipinski definition) is 1. The van der Waals surface area contributed by atoms with Crippen LogP contribution in [0.2, 0.25) is 0 Å². The van der Waals surface area contributed by atoms with Gasteiger partial charge in [0.2, 0.25) is 0 Å². The van der Waals surface area contributed by atoms with Gasteiger partial charge in [0.25, 0.3) is 0 Å². The first-order valence-electron chi connectivity index (χ1n) is 7.30. The maximum absolute atomic E-state index is 6.26. The van der Waals surface area contributed by atoms with Crippen molar-refractivity contribution >= 4 is 11.4 Å². The molecule has 2 heteroatoms. The molecular formula is C18H24N2. The van der Waals surface area contributed by atoms with Crippen LogP contribution in [0.5, 0.6) is 0 Å². The molecule has 0 aliphatic carbocycles. The molecule has 0 fully saturated rings. The Morgan fingerprint density at radius 3 is 1.95 bits per heavy atom. The van der Waals surface area contributed by atoms with Gasteiger partial charge < -0.3 is 10.6 Å². The lowest BCUT2D eigenvalue weighted by atomic mass is 9.93. The fraction of sp³-hybridized carbons (Fsp3) is 0.333. The molecule has 0 spiro atoms. The number of nitrogens with two attached hydrogens (primary N) is 1. The molecule has 0 aliphatic heterocycles. The quantitative estimate of drug-likeness (QED) is 0.833. The lowest BCUT2D eigenvalue weighted by Gasteiger charge is -2.26. The first-order valence-corrected chi connectivity index (χ1v) is 7.30. The molecule has 0 bridgehead atoms. The molecule has 0 aliphatic rings. The lowest BCUT2D eigenvalue weighted by Crippen LogP contribution is -2.22. The summed E-state index contributed by atoms with van der Waals surface area (Å²) in [7, 11) is 0. The number of nitrogens with zero attached hydrogens (tertiary/aromatic N) is 1. The zero-order chi connectivity index (χ0) is 14.7. The molecule has 0 aromatic heterocycles. The second-order valence-electron chi connectivity index (χ2n) is 5.18. The van der Waals surface area contributed by atoms with Crippen LogP contribution >= 0.6 is 0 Å². The Labute approximate surface area is 122 Å². The first-order chi connectivity index (χ1) is 9.60. The predicted molar refractivity (Wildman–Crippen MR) is 89.3 cm³/mol. The van der Waals surface area contributed by atoms with E-state index >= 15 is 0 Å². The summed E-state index contributed by atoms with van der Waals surface area (Å²) in [4.78, 5) is 2.38. The largest absolute Gasteiger partial charge is 0.398 e. The Morgan fingerprint density at radius 1 is 0.850 bits per heavy atom. The Morgan fingerprint density at radius 2 is 1.40 bits per heavy atom. The Kier molecular flexibility index (Phi) is 4.33. The molecule has 0 atom stereocenters. The average Bonchev–Trinajstić information content (AvgIpc) is 2.42. The van der Waals surface area contributed by atoms with Gasteiger partial charge in [0.1, 0.15) is 0 Å². The molecule has 2 rings (SSSR count). The van der Waals surface area contributed by atoms with Gasteiger partial charge in [-0.3, -0.25) is 0 Å². The van der Waals surface area contributed by atoms with Crippen LogP contribution in [-0.2, 0) is 0 Å². The summed E-state index contributed by atoms with van der Waals surface area (Å²) in [6.07, 6.45) is 0. The summed E-state index contributed by atoms with van der Waals surface area (Å²) in [6, 6.07) is 12.6. The number of aryl methyl sites for hydroxylation is 2. The van der Waals surface area contributed by atoms with Gasteiger partial charge in [-0.25, -0.2) is 0 Å². The molecule has 0 amide bonds. The maximum Gasteiger partial charge on any atom is 0.0449 e. The zero-order valence-corrected chi connectivity index (χ0v) is 12.9. The predicted octanol–water partition coefficient (Wildman–Crippen LogP) is 4.40. The van der Waals surface area contributed by atoms with Crippen LogP contribution in [0.15, 0.2) is 36.4 Å². The van der Waals surface area contributed by atoms with Crippen molar-refractivity contribution in [2.45, 2.75) is 27.7 Å². The smallest absolute Gasteiger partial charge is 0.0449 e. The molecule has 106 valence electrons. The topological polar surface area (TPSA) is 29.3 Å². The third-order valence-electron chi connectivity index (χ3n) is 3.91. The van der Waals surface area contributed by atoms with Gasteiger partial charge in [0.05, 0.1) is 0 Å². The standard InChI is InChI=1S/C18H24N2/c1-5-20(6-2)16-12-8-10-14(4)18(16)17-13(3)9-7-11-15(17)19/h7-12H,5-6,19H2,1-4H3. The van der Waals surface area contributed by atoms with Gasteiger partial charge in [-0.15, -0.1) is 0 Å². The van der Waals surface area contributed by atoms with E-state index < -0.39 is 0 Å². The molecule has 0 saturated heterocycles. The third-order valence-corrected chi connectivity index (χ3v) is 3.91. The second-order valence-corrected chi connectivity index (χ2v) is 5.18. The van der Waals surface area contributed by atoms with Crippen molar-refractivity contribution in [2.75, 3.05) is 23.7 Å². The minimum atomic E-state index is 0.854. The highest BCUT2D eigenvalue weighted by Crippen LogP contribution is 2.38. The molecule has 2 N–H and O–H groups in total. The van der Waals surface area contributed by atoms with Gasteiger partial charge in [-0.05, 0) is 51.0 Å². The fourth-order valence-corrected chi connectivity index (χ4v) is 2.84. The third kappa shape index (κ3) is 2.51. The zero-order valence-electron chi connectivity index (χ0n) is 12.9. The van der Waals surface area contributed by atoms with Crippen molar-refractivity contribution in [1.82, 2.24) is 0 Å². The molecule has 20 heavy (non-hydrogen) atoms. The van der Waals surface area contributed by atoms with E-state index in [1.165, 1.54) is 27.9 Å². The summed E-state index contributed by atoms with van der Waals surface area (Å²) in [5, 5.41) is 0. The van der Waals surface area contributed by atoms with E-state index in [0.717, 1.165) is 18.8 Å². The van der Waals surface area contributed by atoms with Crippen molar-refractivity contribution in [3.63, 3.8) is 0 Å². The monoisotopic (exact) mass is 268 g/mol. The molecular weight excluding hydrogens is 244 g/mol. The van der Waals surface area contributed by atoms with Crippen molar-refractivity contribution in [3.8, 4) is 11.1 Å². The highest BCUT2D eigenvalue weighted by Gasteiger charge is 2.16. The molecule has 0 heterocycles. The highest BCUT2D eigenvalue weighted by atomic mass is 15.1. The van der Waals surface area contributed by atoms with E-state index in [4.69, 9.17) is 5.73 Å². The van der Waals surface area contributed by atoms with E-state index in [1.807, 2.05) is 12.1 Å². The van der Waals surface area contributed by atoms with Crippen LogP contribution in [0.1, 0.15) is 25.0 Å². The van der Waals surface area contributed by atoms with Gasteiger partial charge in [-0.1, -0.05) is 24.3 Å². The van der Waals surface area contributed by atoms with Gasteiger partial charge in [0, 0.05) is 35.6 Å². The summed E-state index contributed by atoms with van der Waals surface area (Å²) < 4.78 is 0. The summed E-state index contributed by atoms with van der Waals surface area (Å²) >= 11 is 0. The van der Waals surface area contributed by atoms with Crippen molar-refractivity contribution in [1.29, 1.82) is 0 Å². The Hall–Kier alpha value is -1.96. The normalized spacial score (nSPS) is 10.6. The minimum Gasteiger partial charge on any atom is -0.398 e. The number of nitrogen functional groups attached to an aromatic ring is 1. The molecule has 2 aromatic carbocycles. The summed E-state index contributed by atoms with van der Waals surface area (Å²) in [5.41, 5.74) is 13.3. The van der Waals surface area contributed by atoms with E-state index in [2.05, 4.69) is 56.9 Å². The summed E-state index contributed by atoms with van der Waals surface area (Å²) in [6.45, 7) is 10.7. The van der Waals surface area contributed by atoms with Gasteiger partial charge >= 0.3 is 0 Å². The van der Waals surface area contributed by atoms with Crippen molar-refractivity contribution in [3.05, 3.63) is 47.5 Å². The lowest BCUT2D eigenvalue weighted by molar-refractivity contribution is 0.866. The second kappa shape index (κ2) is 6.00. The average molecular weight is 268 g/mol. The highest BCUT2D eigenvalue weighted by molar-refractivity contribution is 5.89. The molecule has 0 unspecified atom stereocenters. The first kappa shape index (κ1) is 14.4. The minimum absolute atomic E-state index is 0.854. The maximum atomic E-state index is 6.26. The van der Waals surface area contributed by atoms with Gasteiger partial charge in [-0.2, -0.15) is 0 Å². The van der Waals surface area contributed by atoms with Crippen LogP contribution in [0.3, 0.4) is 0 Å². The molecule has 0 radical (unpaired) electrons. The van der Waals surface area contributed by atoms with Crippen molar-refractivity contribution < 1.29 is 0 Å².